The van der Waals surface area contributed by atoms with E-state index in [0.29, 0.717) is 17.7 Å². The third kappa shape index (κ3) is 3.63. The summed E-state index contributed by atoms with van der Waals surface area (Å²) < 4.78 is 5.24. The number of ether oxygens (including phenoxy) is 1. The molecule has 108 valence electrons. The van der Waals surface area contributed by atoms with Gasteiger partial charge in [0, 0.05) is 0 Å². The summed E-state index contributed by atoms with van der Waals surface area (Å²) in [5, 5.41) is 20.9. The van der Waals surface area contributed by atoms with E-state index in [1.165, 1.54) is 12.1 Å². The largest absolute Gasteiger partial charge is 0.870 e. The molecule has 0 unspecified atom stereocenters. The molecule has 0 bridgehead atoms. The Morgan fingerprint density at radius 3 is 2.57 bits per heavy atom. The number of carbonyl (C=O) groups is 1. The van der Waals surface area contributed by atoms with Gasteiger partial charge in [0.25, 0.3) is 0 Å². The van der Waals surface area contributed by atoms with Gasteiger partial charge in [0.1, 0.15) is 5.75 Å². The molecule has 0 aromatic heterocycles. The summed E-state index contributed by atoms with van der Waals surface area (Å²) in [4.78, 5) is 11.4. The summed E-state index contributed by atoms with van der Waals surface area (Å²) in [6.45, 7) is 2.17. The molecule has 0 aliphatic heterocycles. The van der Waals surface area contributed by atoms with Gasteiger partial charge in [-0.1, -0.05) is 48.2 Å². The highest BCUT2D eigenvalue weighted by molar-refractivity contribution is 6.20. The maximum absolute atomic E-state index is 11.6. The second-order valence-electron chi connectivity index (χ2n) is 4.37. The van der Waals surface area contributed by atoms with Crippen LogP contribution < -0.4 is 9.84 Å². The van der Waals surface area contributed by atoms with Crippen LogP contribution >= 0.6 is 0 Å². The minimum Gasteiger partial charge on any atom is -0.870 e. The molecule has 0 atom stereocenters. The fourth-order valence-electron chi connectivity index (χ4n) is 1.94. The number of hydrogen-bond acceptors (Lipinski definition) is 3. The van der Waals surface area contributed by atoms with Gasteiger partial charge < -0.3 is 14.9 Å². The first-order valence-electron chi connectivity index (χ1n) is 6.56. The van der Waals surface area contributed by atoms with Gasteiger partial charge in [-0.25, -0.2) is 4.79 Å². The maximum atomic E-state index is 11.6. The van der Waals surface area contributed by atoms with Crippen molar-refractivity contribution < 1.29 is 19.7 Å². The zero-order valence-electron chi connectivity index (χ0n) is 11.6. The van der Waals surface area contributed by atoms with Crippen molar-refractivity contribution in [2.45, 2.75) is 6.92 Å². The fraction of sp³-hybridized carbons (Fsp3) is 0.118. The van der Waals surface area contributed by atoms with Crippen molar-refractivity contribution in [3.05, 3.63) is 59.7 Å². The van der Waals surface area contributed by atoms with Gasteiger partial charge in [0.2, 0.25) is 0 Å². The molecule has 0 aliphatic rings. The van der Waals surface area contributed by atoms with Gasteiger partial charge in [-0.3, -0.25) is 0 Å². The molecule has 0 spiro atoms. The number of rotatable bonds is 5. The van der Waals surface area contributed by atoms with Gasteiger partial charge in [-0.2, -0.15) is 0 Å². The Labute approximate surface area is 122 Å². The lowest BCUT2D eigenvalue weighted by atomic mass is 10.0. The normalized spacial score (nSPS) is 11.2. The highest BCUT2D eigenvalue weighted by Gasteiger charge is 2.10. The highest BCUT2D eigenvalue weighted by atomic mass is 16.5. The highest BCUT2D eigenvalue weighted by Crippen LogP contribution is 2.27. The molecule has 0 aliphatic carbocycles. The van der Waals surface area contributed by atoms with Crippen LogP contribution in [0.2, 0.25) is 0 Å². The zero-order chi connectivity index (χ0) is 15.2. The van der Waals surface area contributed by atoms with Crippen LogP contribution in [0.5, 0.6) is 11.5 Å². The van der Waals surface area contributed by atoms with Crippen LogP contribution in [-0.2, 0) is 4.79 Å². The Balaban J connectivity index is 2.44. The molecular formula is C17H15O4-. The number of benzene rings is 2. The molecule has 2 aromatic rings. The minimum absolute atomic E-state index is 0.164. The molecule has 0 heterocycles. The topological polar surface area (TPSA) is 69.6 Å². The monoisotopic (exact) mass is 283 g/mol. The fourth-order valence-corrected chi connectivity index (χ4v) is 1.94. The van der Waals surface area contributed by atoms with Crippen molar-refractivity contribution in [3.63, 3.8) is 0 Å². The molecule has 0 saturated carbocycles. The summed E-state index contributed by atoms with van der Waals surface area (Å²) in [5.41, 5.74) is 1.38. The van der Waals surface area contributed by atoms with Crippen LogP contribution in [0.3, 0.4) is 0 Å². The lowest BCUT2D eigenvalue weighted by Crippen LogP contribution is -2.01. The van der Waals surface area contributed by atoms with Crippen LogP contribution in [0.25, 0.3) is 11.6 Å². The third-order valence-electron chi connectivity index (χ3n) is 2.89. The summed E-state index contributed by atoms with van der Waals surface area (Å²) >= 11 is 0. The predicted molar refractivity (Wildman–Crippen MR) is 79.0 cm³/mol. The van der Waals surface area contributed by atoms with E-state index in [1.807, 2.05) is 6.07 Å². The Kier molecular flexibility index (Phi) is 4.61. The average molecular weight is 283 g/mol. The molecule has 0 saturated heterocycles. The molecule has 0 amide bonds. The smallest absolute Gasteiger partial charge is 0.336 e. The van der Waals surface area contributed by atoms with E-state index in [4.69, 9.17) is 4.74 Å². The van der Waals surface area contributed by atoms with Crippen LogP contribution in [0.15, 0.2) is 48.5 Å². The predicted octanol–water partition coefficient (Wildman–Crippen LogP) is 2.78. The number of carboxylic acids is 1. The van der Waals surface area contributed by atoms with E-state index in [9.17, 15) is 15.0 Å². The first-order chi connectivity index (χ1) is 10.1. The second-order valence-corrected chi connectivity index (χ2v) is 4.37. The second kappa shape index (κ2) is 6.61. The Bertz CT molecular complexity index is 660. The Morgan fingerprint density at radius 1 is 1.24 bits per heavy atom. The van der Waals surface area contributed by atoms with E-state index >= 15 is 0 Å². The van der Waals surface area contributed by atoms with Crippen LogP contribution in [0.1, 0.15) is 18.1 Å². The molecule has 1 N–H and O–H groups in total. The van der Waals surface area contributed by atoms with Crippen molar-refractivity contribution in [2.75, 3.05) is 6.61 Å². The summed E-state index contributed by atoms with van der Waals surface area (Å²) in [6.07, 6.45) is 1.53. The molecule has 0 fully saturated rings. The lowest BCUT2D eigenvalue weighted by molar-refractivity contribution is -0.270. The number of carboxylic acid groups (broad SMARTS) is 1. The van der Waals surface area contributed by atoms with Crippen molar-refractivity contribution in [3.8, 4) is 11.5 Å². The Hall–Kier alpha value is -2.75. The van der Waals surface area contributed by atoms with E-state index in [2.05, 4.69) is 0 Å². The van der Waals surface area contributed by atoms with Gasteiger partial charge in [-0.05, 0) is 30.2 Å². The van der Waals surface area contributed by atoms with Crippen LogP contribution in [0, 0.1) is 0 Å². The van der Waals surface area contributed by atoms with Gasteiger partial charge in [-0.15, -0.1) is 0 Å². The molecule has 0 radical (unpaired) electrons. The van der Waals surface area contributed by atoms with Crippen molar-refractivity contribution in [2.24, 2.45) is 0 Å². The average Bonchev–Trinajstić information content (AvgIpc) is 2.48. The number of aliphatic carboxylic acids is 1. The standard InChI is InChI=1S/C17H16O4/c1-2-21-16-11-12(8-9-15(16)18)10-14(17(19)20)13-6-4-3-5-7-13/h3-11,18H,2H2,1H3,(H,19,20)/p-1/b14-10+. The first kappa shape index (κ1) is 14.7. The zero-order valence-corrected chi connectivity index (χ0v) is 11.6. The first-order valence-corrected chi connectivity index (χ1v) is 6.56. The van der Waals surface area contributed by atoms with Gasteiger partial charge >= 0.3 is 5.97 Å². The van der Waals surface area contributed by atoms with Gasteiger partial charge in [0.05, 0.1) is 12.2 Å². The SMILES string of the molecule is CCOc1cc(/C=C(/C(=O)O)c2ccccc2)ccc1[O-]. The summed E-state index contributed by atoms with van der Waals surface area (Å²) in [7, 11) is 0. The summed E-state index contributed by atoms with van der Waals surface area (Å²) in [6, 6.07) is 13.3. The number of hydrogen-bond donors (Lipinski definition) is 1. The van der Waals surface area contributed by atoms with Crippen LogP contribution in [0.4, 0.5) is 0 Å². The Morgan fingerprint density at radius 2 is 1.95 bits per heavy atom. The molecule has 4 heteroatoms. The van der Waals surface area contributed by atoms with E-state index in [-0.39, 0.29) is 17.1 Å². The lowest BCUT2D eigenvalue weighted by Gasteiger charge is -2.14. The van der Waals surface area contributed by atoms with Crippen molar-refractivity contribution in [1.82, 2.24) is 0 Å². The van der Waals surface area contributed by atoms with E-state index in [1.54, 1.807) is 43.3 Å². The van der Waals surface area contributed by atoms with E-state index in [0.717, 1.165) is 0 Å². The van der Waals surface area contributed by atoms with Crippen LogP contribution in [-0.4, -0.2) is 17.7 Å². The molecule has 4 nitrogen and oxygen atoms in total. The van der Waals surface area contributed by atoms with Crippen molar-refractivity contribution >= 4 is 17.6 Å². The molecule has 21 heavy (non-hydrogen) atoms. The maximum Gasteiger partial charge on any atom is 0.336 e. The van der Waals surface area contributed by atoms with Gasteiger partial charge in [0.15, 0.2) is 0 Å². The summed E-state index contributed by atoms with van der Waals surface area (Å²) in [5.74, 6) is -1.01. The minimum atomic E-state index is -1.02. The quantitative estimate of drug-likeness (QED) is 0.676. The van der Waals surface area contributed by atoms with E-state index < -0.39 is 5.97 Å². The molecule has 2 rings (SSSR count). The molecule has 2 aromatic carbocycles. The third-order valence-corrected chi connectivity index (χ3v) is 2.89. The molecular weight excluding hydrogens is 268 g/mol. The van der Waals surface area contributed by atoms with Crippen molar-refractivity contribution in [1.29, 1.82) is 0 Å².